The zero-order chi connectivity index (χ0) is 15.9. The Bertz CT molecular complexity index is 533. The first-order chi connectivity index (χ1) is 9.97. The Morgan fingerprint density at radius 1 is 1.05 bits per heavy atom. The Morgan fingerprint density at radius 2 is 1.62 bits per heavy atom. The van der Waals surface area contributed by atoms with Crippen LogP contribution in [-0.2, 0) is 10.0 Å². The van der Waals surface area contributed by atoms with E-state index in [1.54, 1.807) is 0 Å². The molecule has 1 rings (SSSR count). The van der Waals surface area contributed by atoms with Gasteiger partial charge in [0.05, 0.1) is 32.8 Å². The van der Waals surface area contributed by atoms with Gasteiger partial charge in [-0.15, -0.1) is 0 Å². The topological polar surface area (TPSA) is 94.1 Å². The van der Waals surface area contributed by atoms with Gasteiger partial charge in [-0.05, 0) is 12.8 Å². The van der Waals surface area contributed by atoms with Crippen LogP contribution >= 0.6 is 0 Å². The zero-order valence-corrected chi connectivity index (χ0v) is 13.2. The molecular weight excluding hydrogens is 298 g/mol. The highest BCUT2D eigenvalue weighted by Gasteiger charge is 2.16. The summed E-state index contributed by atoms with van der Waals surface area (Å²) in [4.78, 5) is 0. The van der Waals surface area contributed by atoms with Gasteiger partial charge in [-0.2, -0.15) is 0 Å². The third-order valence-corrected chi connectivity index (χ3v) is 4.13. The lowest BCUT2D eigenvalue weighted by Gasteiger charge is -2.15. The first kappa shape index (κ1) is 17.4. The summed E-state index contributed by atoms with van der Waals surface area (Å²) in [5, 5.41) is 8.68. The van der Waals surface area contributed by atoms with Gasteiger partial charge in [0.2, 0.25) is 15.8 Å². The summed E-state index contributed by atoms with van der Waals surface area (Å²) in [6.45, 7) is -0.0281. The molecule has 0 unspecified atom stereocenters. The van der Waals surface area contributed by atoms with Gasteiger partial charge in [0.1, 0.15) is 0 Å². The second-order valence-electron chi connectivity index (χ2n) is 4.27. The van der Waals surface area contributed by atoms with Crippen LogP contribution in [0.4, 0.5) is 5.69 Å². The van der Waals surface area contributed by atoms with E-state index >= 15 is 0 Å². The summed E-state index contributed by atoms with van der Waals surface area (Å²) >= 11 is 0. The van der Waals surface area contributed by atoms with Crippen LogP contribution in [0.2, 0.25) is 0 Å². The van der Waals surface area contributed by atoms with Crippen LogP contribution < -0.4 is 18.9 Å². The SMILES string of the molecule is COc1cc(NS(=O)(=O)CCCCO)cc(OC)c1OC. The Hall–Kier alpha value is -1.67. The molecule has 0 aliphatic heterocycles. The first-order valence-electron chi connectivity index (χ1n) is 6.38. The molecular formula is C13H21NO6S. The van der Waals surface area contributed by atoms with E-state index in [9.17, 15) is 8.42 Å². The average Bonchev–Trinajstić information content (AvgIpc) is 2.45. The zero-order valence-electron chi connectivity index (χ0n) is 12.4. The molecule has 21 heavy (non-hydrogen) atoms. The van der Waals surface area contributed by atoms with Crippen molar-refractivity contribution in [2.75, 3.05) is 38.4 Å². The second kappa shape index (κ2) is 7.94. The minimum absolute atomic E-state index is 0.0281. The molecule has 1 aromatic rings. The Labute approximate surface area is 124 Å². The summed E-state index contributed by atoms with van der Waals surface area (Å²) in [7, 11) is 0.892. The first-order valence-corrected chi connectivity index (χ1v) is 8.04. The molecule has 0 aliphatic carbocycles. The number of hydrogen-bond donors (Lipinski definition) is 2. The van der Waals surface area contributed by atoms with Gasteiger partial charge in [0.25, 0.3) is 0 Å². The van der Waals surface area contributed by atoms with Gasteiger partial charge in [-0.3, -0.25) is 4.72 Å². The highest BCUT2D eigenvalue weighted by atomic mass is 32.2. The third kappa shape index (κ3) is 4.98. The molecule has 0 aromatic heterocycles. The fraction of sp³-hybridized carbons (Fsp3) is 0.538. The normalized spacial score (nSPS) is 11.0. The molecule has 120 valence electrons. The Kier molecular flexibility index (Phi) is 6.57. The maximum atomic E-state index is 11.9. The molecule has 0 aliphatic rings. The summed E-state index contributed by atoms with van der Waals surface area (Å²) in [6, 6.07) is 3.04. The molecule has 0 fully saturated rings. The van der Waals surface area contributed by atoms with Crippen molar-refractivity contribution in [2.45, 2.75) is 12.8 Å². The lowest BCUT2D eigenvalue weighted by Crippen LogP contribution is -2.17. The number of aliphatic hydroxyl groups excluding tert-OH is 1. The minimum Gasteiger partial charge on any atom is -0.493 e. The van der Waals surface area contributed by atoms with Gasteiger partial charge in [0, 0.05) is 18.7 Å². The van der Waals surface area contributed by atoms with Gasteiger partial charge in [-0.25, -0.2) is 8.42 Å². The van der Waals surface area contributed by atoms with Crippen molar-refractivity contribution in [1.82, 2.24) is 0 Å². The molecule has 0 saturated heterocycles. The number of benzene rings is 1. The lowest BCUT2D eigenvalue weighted by molar-refractivity contribution is 0.287. The van der Waals surface area contributed by atoms with Crippen LogP contribution in [0.5, 0.6) is 17.2 Å². The number of sulfonamides is 1. The van der Waals surface area contributed by atoms with E-state index in [4.69, 9.17) is 19.3 Å². The minimum atomic E-state index is -3.49. The number of methoxy groups -OCH3 is 3. The predicted molar refractivity (Wildman–Crippen MR) is 79.8 cm³/mol. The summed E-state index contributed by atoms with van der Waals surface area (Å²) in [5.74, 6) is 1.06. The molecule has 0 amide bonds. The van der Waals surface area contributed by atoms with Crippen LogP contribution in [0.25, 0.3) is 0 Å². The van der Waals surface area contributed by atoms with Crippen molar-refractivity contribution in [3.63, 3.8) is 0 Å². The number of ether oxygens (including phenoxy) is 3. The molecule has 7 nitrogen and oxygen atoms in total. The summed E-state index contributed by atoms with van der Waals surface area (Å²) < 4.78 is 41.8. The number of hydrogen-bond acceptors (Lipinski definition) is 6. The maximum absolute atomic E-state index is 11.9. The molecule has 8 heteroatoms. The van der Waals surface area contributed by atoms with E-state index in [-0.39, 0.29) is 12.4 Å². The number of anilines is 1. The van der Waals surface area contributed by atoms with Gasteiger partial charge in [-0.1, -0.05) is 0 Å². The van der Waals surface area contributed by atoms with Crippen molar-refractivity contribution in [3.8, 4) is 17.2 Å². The van der Waals surface area contributed by atoms with E-state index in [1.807, 2.05) is 0 Å². The number of unbranched alkanes of at least 4 members (excludes halogenated alkanes) is 1. The van der Waals surface area contributed by atoms with E-state index in [1.165, 1.54) is 33.5 Å². The molecule has 0 bridgehead atoms. The maximum Gasteiger partial charge on any atom is 0.232 e. The van der Waals surface area contributed by atoms with Crippen molar-refractivity contribution in [3.05, 3.63) is 12.1 Å². The highest BCUT2D eigenvalue weighted by molar-refractivity contribution is 7.92. The van der Waals surface area contributed by atoms with Crippen molar-refractivity contribution < 1.29 is 27.7 Å². The molecule has 2 N–H and O–H groups in total. The quantitative estimate of drug-likeness (QED) is 0.665. The average molecular weight is 319 g/mol. The molecule has 0 spiro atoms. The van der Waals surface area contributed by atoms with Crippen LogP contribution in [0.1, 0.15) is 12.8 Å². The highest BCUT2D eigenvalue weighted by Crippen LogP contribution is 2.40. The van der Waals surface area contributed by atoms with Crippen molar-refractivity contribution in [2.24, 2.45) is 0 Å². The van der Waals surface area contributed by atoms with Gasteiger partial charge < -0.3 is 19.3 Å². The summed E-state index contributed by atoms with van der Waals surface area (Å²) in [6.07, 6.45) is 0.826. The van der Waals surface area contributed by atoms with Crippen LogP contribution in [-0.4, -0.2) is 47.2 Å². The molecule has 0 heterocycles. The molecule has 0 saturated carbocycles. The molecule has 0 atom stereocenters. The van der Waals surface area contributed by atoms with Crippen LogP contribution in [0.3, 0.4) is 0 Å². The number of rotatable bonds is 9. The van der Waals surface area contributed by atoms with Gasteiger partial charge >= 0.3 is 0 Å². The Balaban J connectivity index is 2.98. The second-order valence-corrected chi connectivity index (χ2v) is 6.11. The van der Waals surface area contributed by atoms with E-state index in [2.05, 4.69) is 4.72 Å². The van der Waals surface area contributed by atoms with Crippen molar-refractivity contribution >= 4 is 15.7 Å². The standard InChI is InChI=1S/C13H21NO6S/c1-18-11-8-10(9-12(19-2)13(11)20-3)14-21(16,17)7-5-4-6-15/h8-9,14-15H,4-7H2,1-3H3. The monoisotopic (exact) mass is 319 g/mol. The van der Waals surface area contributed by atoms with Crippen LogP contribution in [0.15, 0.2) is 12.1 Å². The van der Waals surface area contributed by atoms with Crippen molar-refractivity contribution in [1.29, 1.82) is 0 Å². The Morgan fingerprint density at radius 3 is 2.05 bits per heavy atom. The summed E-state index contributed by atoms with van der Waals surface area (Å²) in [5.41, 5.74) is 0.327. The van der Waals surface area contributed by atoms with E-state index in [0.29, 0.717) is 35.8 Å². The van der Waals surface area contributed by atoms with Crippen LogP contribution in [0, 0.1) is 0 Å². The van der Waals surface area contributed by atoms with E-state index < -0.39 is 10.0 Å². The van der Waals surface area contributed by atoms with E-state index in [0.717, 1.165) is 0 Å². The fourth-order valence-electron chi connectivity index (χ4n) is 1.77. The fourth-order valence-corrected chi connectivity index (χ4v) is 2.94. The van der Waals surface area contributed by atoms with Gasteiger partial charge in [0.15, 0.2) is 11.5 Å². The lowest BCUT2D eigenvalue weighted by atomic mass is 10.2. The largest absolute Gasteiger partial charge is 0.493 e. The smallest absolute Gasteiger partial charge is 0.232 e. The predicted octanol–water partition coefficient (Wildman–Crippen LogP) is 1.23. The number of nitrogens with one attached hydrogen (secondary N) is 1. The molecule has 1 aromatic carbocycles. The molecule has 0 radical (unpaired) electrons. The third-order valence-electron chi connectivity index (χ3n) is 2.76. The number of aliphatic hydroxyl groups is 1.